The van der Waals surface area contributed by atoms with Gasteiger partial charge in [0.05, 0.1) is 5.69 Å². The Kier molecular flexibility index (Phi) is 8.52. The minimum atomic E-state index is 1.04. The smallest absolute Gasteiger partial charge is 0.0586 e. The summed E-state index contributed by atoms with van der Waals surface area (Å²) in [7, 11) is 0. The van der Waals surface area contributed by atoms with Crippen molar-refractivity contribution in [1.82, 2.24) is 9.97 Å². The molecule has 13 heavy (non-hydrogen) atoms. The van der Waals surface area contributed by atoms with Gasteiger partial charge in [0.15, 0.2) is 0 Å². The number of rotatable bonds is 3. The van der Waals surface area contributed by atoms with Crippen LogP contribution in [0.2, 0.25) is 0 Å². The third kappa shape index (κ3) is 7.44. The molecule has 0 aliphatic heterocycles. The molecule has 2 nitrogen and oxygen atoms in total. The maximum Gasteiger partial charge on any atom is 0.0586 e. The lowest BCUT2D eigenvalue weighted by Crippen LogP contribution is -1.87. The maximum absolute atomic E-state index is 4.11. The number of unbranched alkanes of at least 4 members (excludes halogenated alkanes) is 1. The largest absolute Gasteiger partial charge is 0.261 e. The Morgan fingerprint density at radius 2 is 1.69 bits per heavy atom. The van der Waals surface area contributed by atoms with E-state index in [4.69, 9.17) is 0 Å². The highest BCUT2D eigenvalue weighted by Crippen LogP contribution is 1.93. The van der Waals surface area contributed by atoms with E-state index in [-0.39, 0.29) is 0 Å². The summed E-state index contributed by atoms with van der Waals surface area (Å²) in [6.07, 6.45) is 10.0. The summed E-state index contributed by atoms with van der Waals surface area (Å²) < 4.78 is 0. The molecule has 0 saturated heterocycles. The molecule has 1 aromatic rings. The van der Waals surface area contributed by atoms with Gasteiger partial charge in [-0.15, -0.1) is 0 Å². The van der Waals surface area contributed by atoms with Crippen LogP contribution in [-0.4, -0.2) is 9.97 Å². The minimum Gasteiger partial charge on any atom is -0.261 e. The van der Waals surface area contributed by atoms with E-state index in [2.05, 4.69) is 30.7 Å². The van der Waals surface area contributed by atoms with Crippen LogP contribution in [0.5, 0.6) is 0 Å². The predicted molar refractivity (Wildman–Crippen MR) is 56.6 cm³/mol. The summed E-state index contributed by atoms with van der Waals surface area (Å²) in [5.74, 6) is 0. The highest BCUT2D eigenvalue weighted by atomic mass is 14.8. The van der Waals surface area contributed by atoms with Crippen LogP contribution in [0.3, 0.4) is 0 Å². The first kappa shape index (κ1) is 12.1. The van der Waals surface area contributed by atoms with Gasteiger partial charge in [-0.25, -0.2) is 0 Å². The van der Waals surface area contributed by atoms with Crippen molar-refractivity contribution in [1.29, 1.82) is 0 Å². The Morgan fingerprint density at radius 1 is 1.00 bits per heavy atom. The molecule has 0 aliphatic carbocycles. The minimum absolute atomic E-state index is 1.04. The van der Waals surface area contributed by atoms with Gasteiger partial charge in [0.25, 0.3) is 0 Å². The van der Waals surface area contributed by atoms with Crippen molar-refractivity contribution in [2.24, 2.45) is 0 Å². The molecule has 0 unspecified atom stereocenters. The highest BCUT2D eigenvalue weighted by molar-refractivity contribution is 4.93. The van der Waals surface area contributed by atoms with Crippen molar-refractivity contribution in [3.63, 3.8) is 0 Å². The quantitative estimate of drug-likeness (QED) is 0.713. The zero-order valence-electron chi connectivity index (χ0n) is 8.95. The van der Waals surface area contributed by atoms with E-state index in [1.165, 1.54) is 12.8 Å². The van der Waals surface area contributed by atoms with Gasteiger partial charge >= 0.3 is 0 Å². The van der Waals surface area contributed by atoms with Gasteiger partial charge in [-0.1, -0.05) is 40.0 Å². The zero-order chi connectivity index (χ0) is 9.94. The first-order valence-corrected chi connectivity index (χ1v) is 5.10. The van der Waals surface area contributed by atoms with Crippen LogP contribution in [0.1, 0.15) is 45.7 Å². The monoisotopic (exact) mass is 180 g/mol. The van der Waals surface area contributed by atoms with E-state index < -0.39 is 0 Å². The summed E-state index contributed by atoms with van der Waals surface area (Å²) in [6.45, 7) is 6.49. The molecule has 0 N–H and O–H groups in total. The van der Waals surface area contributed by atoms with Crippen molar-refractivity contribution in [3.8, 4) is 0 Å². The average Bonchev–Trinajstić information content (AvgIpc) is 2.20. The standard InChI is InChI=1S/C7H10N2.C4H10/c1-2-3-7-6-8-4-5-9-7;1-3-4-2/h4-6H,2-3H2,1H3;3-4H2,1-2H3. The lowest BCUT2D eigenvalue weighted by atomic mass is 10.3. The van der Waals surface area contributed by atoms with E-state index in [9.17, 15) is 0 Å². The van der Waals surface area contributed by atoms with E-state index in [1.807, 2.05) is 6.20 Å². The number of aryl methyl sites for hydroxylation is 1. The van der Waals surface area contributed by atoms with Gasteiger partial charge in [0.2, 0.25) is 0 Å². The van der Waals surface area contributed by atoms with E-state index >= 15 is 0 Å². The summed E-state index contributed by atoms with van der Waals surface area (Å²) in [5, 5.41) is 0. The first-order valence-electron chi connectivity index (χ1n) is 5.10. The molecular weight excluding hydrogens is 160 g/mol. The zero-order valence-corrected chi connectivity index (χ0v) is 8.95. The van der Waals surface area contributed by atoms with Gasteiger partial charge in [0, 0.05) is 18.6 Å². The Morgan fingerprint density at radius 3 is 2.08 bits per heavy atom. The van der Waals surface area contributed by atoms with Crippen molar-refractivity contribution < 1.29 is 0 Å². The molecule has 0 aliphatic rings. The molecule has 0 spiro atoms. The fourth-order valence-electron chi connectivity index (χ4n) is 0.715. The molecule has 74 valence electrons. The molecule has 0 saturated carbocycles. The summed E-state index contributed by atoms with van der Waals surface area (Å²) in [5.41, 5.74) is 1.08. The Balaban J connectivity index is 0.000000310. The van der Waals surface area contributed by atoms with Crippen molar-refractivity contribution in [3.05, 3.63) is 24.3 Å². The lowest BCUT2D eigenvalue weighted by Gasteiger charge is -1.91. The predicted octanol–water partition coefficient (Wildman–Crippen LogP) is 3.24. The van der Waals surface area contributed by atoms with Gasteiger partial charge in [-0.3, -0.25) is 9.97 Å². The van der Waals surface area contributed by atoms with E-state index in [0.717, 1.165) is 18.5 Å². The Hall–Kier alpha value is -0.920. The molecule has 1 heterocycles. The number of hydrogen-bond acceptors (Lipinski definition) is 2. The van der Waals surface area contributed by atoms with Crippen molar-refractivity contribution >= 4 is 0 Å². The Labute approximate surface area is 81.4 Å². The maximum atomic E-state index is 4.11. The van der Waals surface area contributed by atoms with Crippen LogP contribution in [0.25, 0.3) is 0 Å². The summed E-state index contributed by atoms with van der Waals surface area (Å²) in [6, 6.07) is 0. The van der Waals surface area contributed by atoms with E-state index in [1.54, 1.807) is 12.4 Å². The number of hydrogen-bond donors (Lipinski definition) is 0. The summed E-state index contributed by atoms with van der Waals surface area (Å²) in [4.78, 5) is 8.05. The molecule has 1 aromatic heterocycles. The second kappa shape index (κ2) is 9.17. The first-order chi connectivity index (χ1) is 6.35. The van der Waals surface area contributed by atoms with Gasteiger partial charge in [0.1, 0.15) is 0 Å². The fraction of sp³-hybridized carbons (Fsp3) is 0.636. The fourth-order valence-corrected chi connectivity index (χ4v) is 0.715. The van der Waals surface area contributed by atoms with Crippen LogP contribution in [0.15, 0.2) is 18.6 Å². The summed E-state index contributed by atoms with van der Waals surface area (Å²) >= 11 is 0. The third-order valence-electron chi connectivity index (χ3n) is 1.62. The molecule has 0 bridgehead atoms. The lowest BCUT2D eigenvalue weighted by molar-refractivity contribution is 0.870. The molecule has 0 aromatic carbocycles. The number of aromatic nitrogens is 2. The molecule has 0 atom stereocenters. The van der Waals surface area contributed by atoms with Crippen LogP contribution >= 0.6 is 0 Å². The normalized spacial score (nSPS) is 8.85. The SMILES string of the molecule is CCCC.CCCc1cnccn1. The second-order valence-corrected chi connectivity index (χ2v) is 2.95. The average molecular weight is 180 g/mol. The molecule has 0 fully saturated rings. The molecule has 0 amide bonds. The third-order valence-corrected chi connectivity index (χ3v) is 1.62. The van der Waals surface area contributed by atoms with E-state index in [0.29, 0.717) is 0 Å². The molecular formula is C11H20N2. The highest BCUT2D eigenvalue weighted by Gasteiger charge is 1.87. The van der Waals surface area contributed by atoms with Crippen LogP contribution in [0.4, 0.5) is 0 Å². The van der Waals surface area contributed by atoms with Crippen LogP contribution < -0.4 is 0 Å². The molecule has 1 rings (SSSR count). The van der Waals surface area contributed by atoms with Crippen molar-refractivity contribution in [2.45, 2.75) is 46.5 Å². The molecule has 0 radical (unpaired) electrons. The van der Waals surface area contributed by atoms with Gasteiger partial charge in [-0.2, -0.15) is 0 Å². The van der Waals surface area contributed by atoms with Crippen LogP contribution in [0, 0.1) is 0 Å². The van der Waals surface area contributed by atoms with Crippen LogP contribution in [-0.2, 0) is 6.42 Å². The van der Waals surface area contributed by atoms with Gasteiger partial charge < -0.3 is 0 Å². The second-order valence-electron chi connectivity index (χ2n) is 2.95. The van der Waals surface area contributed by atoms with Crippen molar-refractivity contribution in [2.75, 3.05) is 0 Å². The molecule has 2 heteroatoms. The topological polar surface area (TPSA) is 25.8 Å². The Bertz CT molecular complexity index is 183. The number of nitrogens with zero attached hydrogens (tertiary/aromatic N) is 2. The van der Waals surface area contributed by atoms with Gasteiger partial charge in [-0.05, 0) is 6.42 Å².